The molecule has 1 saturated heterocycles. The van der Waals surface area contributed by atoms with Crippen LogP contribution in [0, 0.1) is 0 Å². The zero-order chi connectivity index (χ0) is 17.7. The summed E-state index contributed by atoms with van der Waals surface area (Å²) in [7, 11) is -3.63. The van der Waals surface area contributed by atoms with Gasteiger partial charge in [0.25, 0.3) is 0 Å². The molecule has 1 atom stereocenters. The molecule has 6 heteroatoms. The van der Waals surface area contributed by atoms with Gasteiger partial charge in [-0.1, -0.05) is 50.3 Å². The highest BCUT2D eigenvalue weighted by Crippen LogP contribution is 2.26. The number of carbonyl (C=O) groups is 1. The first-order valence-electron chi connectivity index (χ1n) is 9.46. The van der Waals surface area contributed by atoms with E-state index in [1.807, 2.05) is 0 Å². The largest absolute Gasteiger partial charge is 0.352 e. The van der Waals surface area contributed by atoms with Gasteiger partial charge in [0.15, 0.2) is 0 Å². The average Bonchev–Trinajstić information content (AvgIpc) is 2.91. The van der Waals surface area contributed by atoms with E-state index in [0.717, 1.165) is 38.5 Å². The highest BCUT2D eigenvalue weighted by molar-refractivity contribution is 7.89. The first-order valence-corrected chi connectivity index (χ1v) is 10.9. The van der Waals surface area contributed by atoms with Crippen LogP contribution in [-0.4, -0.2) is 37.3 Å². The molecule has 1 aromatic carbocycles. The zero-order valence-corrected chi connectivity index (χ0v) is 15.5. The molecular formula is C19H28N2O3S. The van der Waals surface area contributed by atoms with Crippen LogP contribution in [-0.2, 0) is 14.8 Å². The number of carbonyl (C=O) groups excluding carboxylic acids is 1. The second kappa shape index (κ2) is 8.32. The van der Waals surface area contributed by atoms with Gasteiger partial charge >= 0.3 is 0 Å². The van der Waals surface area contributed by atoms with E-state index in [1.54, 1.807) is 30.3 Å². The van der Waals surface area contributed by atoms with Crippen LogP contribution in [0.25, 0.3) is 0 Å². The van der Waals surface area contributed by atoms with E-state index in [2.05, 4.69) is 5.32 Å². The lowest BCUT2D eigenvalue weighted by Crippen LogP contribution is -2.53. The summed E-state index contributed by atoms with van der Waals surface area (Å²) in [5.74, 6) is -0.119. The fraction of sp³-hybridized carbons (Fsp3) is 0.632. The van der Waals surface area contributed by atoms with E-state index >= 15 is 0 Å². The van der Waals surface area contributed by atoms with Crippen LogP contribution < -0.4 is 5.32 Å². The van der Waals surface area contributed by atoms with Gasteiger partial charge in [0.2, 0.25) is 15.9 Å². The van der Waals surface area contributed by atoms with Gasteiger partial charge in [0.1, 0.15) is 6.04 Å². The Kier molecular flexibility index (Phi) is 6.12. The average molecular weight is 365 g/mol. The Bertz CT molecular complexity index is 667. The minimum absolute atomic E-state index is 0.119. The predicted molar refractivity (Wildman–Crippen MR) is 97.6 cm³/mol. The van der Waals surface area contributed by atoms with E-state index < -0.39 is 16.1 Å². The van der Waals surface area contributed by atoms with E-state index in [0.29, 0.717) is 13.0 Å². The molecule has 3 rings (SSSR count). The van der Waals surface area contributed by atoms with Crippen molar-refractivity contribution in [2.75, 3.05) is 6.54 Å². The van der Waals surface area contributed by atoms with E-state index in [1.165, 1.54) is 17.1 Å². The standard InChI is InChI=1S/C19H28N2O3S/c22-19(20-16-10-4-1-2-5-11-16)18-14-8-9-15-21(18)25(23,24)17-12-6-3-7-13-17/h3,6-7,12-13,16,18H,1-2,4-5,8-11,14-15H2,(H,20,22)/t18-/m0/s1. The maximum absolute atomic E-state index is 13.0. The molecule has 138 valence electrons. The van der Waals surface area contributed by atoms with E-state index in [4.69, 9.17) is 0 Å². The molecule has 5 nitrogen and oxygen atoms in total. The van der Waals surface area contributed by atoms with Gasteiger partial charge in [0, 0.05) is 12.6 Å². The molecule has 1 saturated carbocycles. The Morgan fingerprint density at radius 1 is 0.920 bits per heavy atom. The smallest absolute Gasteiger partial charge is 0.243 e. The van der Waals surface area contributed by atoms with Gasteiger partial charge in [-0.3, -0.25) is 4.79 Å². The van der Waals surface area contributed by atoms with Crippen molar-refractivity contribution in [2.45, 2.75) is 74.8 Å². The van der Waals surface area contributed by atoms with Crippen LogP contribution in [0.5, 0.6) is 0 Å². The van der Waals surface area contributed by atoms with E-state index in [9.17, 15) is 13.2 Å². The van der Waals surface area contributed by atoms with Crippen molar-refractivity contribution in [3.05, 3.63) is 30.3 Å². The fourth-order valence-electron chi connectivity index (χ4n) is 3.90. The zero-order valence-electron chi connectivity index (χ0n) is 14.7. The van der Waals surface area contributed by atoms with Gasteiger partial charge < -0.3 is 5.32 Å². The summed E-state index contributed by atoms with van der Waals surface area (Å²) in [6.07, 6.45) is 9.04. The van der Waals surface area contributed by atoms with Crippen molar-refractivity contribution in [1.82, 2.24) is 9.62 Å². The highest BCUT2D eigenvalue weighted by atomic mass is 32.2. The SMILES string of the molecule is O=C(NC1CCCCCC1)[C@@H]1CCCCN1S(=O)(=O)c1ccccc1. The van der Waals surface area contributed by atoms with Gasteiger partial charge in [-0.05, 0) is 37.8 Å². The van der Waals surface area contributed by atoms with Crippen molar-refractivity contribution >= 4 is 15.9 Å². The minimum Gasteiger partial charge on any atom is -0.352 e. The van der Waals surface area contributed by atoms with Crippen molar-refractivity contribution in [1.29, 1.82) is 0 Å². The molecule has 1 heterocycles. The number of benzene rings is 1. The fourth-order valence-corrected chi connectivity index (χ4v) is 5.58. The summed E-state index contributed by atoms with van der Waals surface area (Å²) < 4.78 is 27.4. The summed E-state index contributed by atoms with van der Waals surface area (Å²) in [6.45, 7) is 0.417. The Morgan fingerprint density at radius 2 is 1.56 bits per heavy atom. The van der Waals surface area contributed by atoms with Crippen LogP contribution in [0.1, 0.15) is 57.8 Å². The van der Waals surface area contributed by atoms with Crippen molar-refractivity contribution in [3.8, 4) is 0 Å². The Hall–Kier alpha value is -1.40. The van der Waals surface area contributed by atoms with Gasteiger partial charge in [-0.2, -0.15) is 4.31 Å². The maximum Gasteiger partial charge on any atom is 0.243 e. The number of sulfonamides is 1. The van der Waals surface area contributed by atoms with Crippen LogP contribution in [0.2, 0.25) is 0 Å². The van der Waals surface area contributed by atoms with Crippen molar-refractivity contribution in [2.24, 2.45) is 0 Å². The van der Waals surface area contributed by atoms with Gasteiger partial charge in [-0.15, -0.1) is 0 Å². The van der Waals surface area contributed by atoms with Crippen LogP contribution in [0.3, 0.4) is 0 Å². The summed E-state index contributed by atoms with van der Waals surface area (Å²) in [6, 6.07) is 8.05. The number of nitrogens with one attached hydrogen (secondary N) is 1. The number of nitrogens with zero attached hydrogens (tertiary/aromatic N) is 1. The number of amides is 1. The lowest BCUT2D eigenvalue weighted by atomic mass is 10.0. The molecule has 25 heavy (non-hydrogen) atoms. The number of piperidine rings is 1. The first kappa shape index (κ1) is 18.4. The lowest BCUT2D eigenvalue weighted by molar-refractivity contribution is -0.126. The van der Waals surface area contributed by atoms with E-state index in [-0.39, 0.29) is 16.8 Å². The third-order valence-corrected chi connectivity index (χ3v) is 7.23. The minimum atomic E-state index is -3.63. The molecule has 0 radical (unpaired) electrons. The Balaban J connectivity index is 1.75. The molecule has 1 N–H and O–H groups in total. The van der Waals surface area contributed by atoms with Gasteiger partial charge in [0.05, 0.1) is 4.90 Å². The summed E-state index contributed by atoms with van der Waals surface area (Å²) in [4.78, 5) is 13.1. The summed E-state index contributed by atoms with van der Waals surface area (Å²) >= 11 is 0. The first-order chi connectivity index (χ1) is 12.1. The molecule has 1 amide bonds. The number of hydrogen-bond donors (Lipinski definition) is 1. The third kappa shape index (κ3) is 4.42. The van der Waals surface area contributed by atoms with Crippen LogP contribution in [0.15, 0.2) is 35.2 Å². The van der Waals surface area contributed by atoms with Gasteiger partial charge in [-0.25, -0.2) is 8.42 Å². The molecular weight excluding hydrogens is 336 g/mol. The molecule has 0 spiro atoms. The second-order valence-electron chi connectivity index (χ2n) is 7.14. The molecule has 1 aliphatic carbocycles. The Morgan fingerprint density at radius 3 is 2.24 bits per heavy atom. The summed E-state index contributed by atoms with van der Waals surface area (Å²) in [5, 5.41) is 3.14. The Labute approximate surface area is 150 Å². The van der Waals surface area contributed by atoms with Crippen LogP contribution in [0.4, 0.5) is 0 Å². The molecule has 1 aliphatic heterocycles. The molecule has 1 aromatic rings. The highest BCUT2D eigenvalue weighted by Gasteiger charge is 2.38. The number of rotatable bonds is 4. The molecule has 0 aromatic heterocycles. The predicted octanol–water partition coefficient (Wildman–Crippen LogP) is 3.07. The second-order valence-corrected chi connectivity index (χ2v) is 9.03. The normalized spacial score (nSPS) is 23.8. The number of hydrogen-bond acceptors (Lipinski definition) is 3. The lowest BCUT2D eigenvalue weighted by Gasteiger charge is -2.34. The maximum atomic E-state index is 13.0. The summed E-state index contributed by atoms with van der Waals surface area (Å²) in [5.41, 5.74) is 0. The van der Waals surface area contributed by atoms with Crippen molar-refractivity contribution in [3.63, 3.8) is 0 Å². The molecule has 2 fully saturated rings. The molecule has 2 aliphatic rings. The quantitative estimate of drug-likeness (QED) is 0.835. The van der Waals surface area contributed by atoms with Crippen molar-refractivity contribution < 1.29 is 13.2 Å². The topological polar surface area (TPSA) is 66.5 Å². The molecule has 0 unspecified atom stereocenters. The monoisotopic (exact) mass is 364 g/mol. The third-order valence-electron chi connectivity index (χ3n) is 5.31. The molecule has 0 bridgehead atoms. The van der Waals surface area contributed by atoms with Crippen LogP contribution >= 0.6 is 0 Å².